The van der Waals surface area contributed by atoms with Gasteiger partial charge in [-0.25, -0.2) is 0 Å². The highest BCUT2D eigenvalue weighted by Crippen LogP contribution is 2.33. The molecule has 2 rings (SSSR count). The van der Waals surface area contributed by atoms with Gasteiger partial charge < -0.3 is 9.47 Å². The molecule has 2 aliphatic rings. The van der Waals surface area contributed by atoms with Crippen molar-refractivity contribution in [2.75, 3.05) is 13.2 Å². The molecule has 2 aliphatic heterocycles. The van der Waals surface area contributed by atoms with Crippen molar-refractivity contribution in [1.29, 1.82) is 0 Å². The highest BCUT2D eigenvalue weighted by molar-refractivity contribution is 7.97. The lowest BCUT2D eigenvalue weighted by Crippen LogP contribution is -2.44. The summed E-state index contributed by atoms with van der Waals surface area (Å²) in [6, 6.07) is 0. The summed E-state index contributed by atoms with van der Waals surface area (Å²) >= 11 is 12.5. The summed E-state index contributed by atoms with van der Waals surface area (Å²) in [5.74, 6) is -1.20. The van der Waals surface area contributed by atoms with Crippen LogP contribution < -0.4 is 0 Å². The largest absolute Gasteiger partial charge is 0.336 e. The molecule has 0 unspecified atom stereocenters. The number of hydrogen-bond acceptors (Lipinski definition) is 5. The van der Waals surface area contributed by atoms with Gasteiger partial charge in [-0.1, -0.05) is 23.2 Å². The zero-order valence-corrected chi connectivity index (χ0v) is 8.12. The van der Waals surface area contributed by atoms with Crippen molar-refractivity contribution in [2.45, 2.75) is 5.79 Å². The molecule has 4 nitrogen and oxygen atoms in total. The lowest BCUT2D eigenvalue weighted by Gasteiger charge is -2.24. The minimum atomic E-state index is -1.20. The van der Waals surface area contributed by atoms with Gasteiger partial charge in [0, 0.05) is 0 Å². The highest BCUT2D eigenvalue weighted by atomic mass is 35.5. The maximum atomic E-state index is 5.79. The Bertz CT molecular complexity index is 242. The van der Waals surface area contributed by atoms with Gasteiger partial charge in [0.15, 0.2) is 10.3 Å². The van der Waals surface area contributed by atoms with E-state index in [-0.39, 0.29) is 10.3 Å². The van der Waals surface area contributed by atoms with Crippen molar-refractivity contribution in [3.8, 4) is 0 Å². The zero-order valence-electron chi connectivity index (χ0n) is 5.79. The Labute approximate surface area is 83.2 Å². The Hall–Kier alpha value is 0.190. The summed E-state index contributed by atoms with van der Waals surface area (Å²) in [5.41, 5.74) is 0. The van der Waals surface area contributed by atoms with E-state index in [4.69, 9.17) is 32.7 Å². The Kier molecular flexibility index (Phi) is 2.31. The van der Waals surface area contributed by atoms with E-state index in [1.165, 1.54) is 0 Å². The first-order chi connectivity index (χ1) is 5.76. The SMILES string of the molecule is ClC1=NSN=C(Cl)C12OCCO2. The average molecular weight is 227 g/mol. The molecule has 0 amide bonds. The van der Waals surface area contributed by atoms with Crippen LogP contribution in [0.15, 0.2) is 8.80 Å². The van der Waals surface area contributed by atoms with E-state index >= 15 is 0 Å². The van der Waals surface area contributed by atoms with Crippen LogP contribution in [0, 0.1) is 0 Å². The van der Waals surface area contributed by atoms with E-state index in [2.05, 4.69) is 8.80 Å². The van der Waals surface area contributed by atoms with E-state index in [1.807, 2.05) is 0 Å². The van der Waals surface area contributed by atoms with E-state index < -0.39 is 5.79 Å². The Morgan fingerprint density at radius 1 is 1.17 bits per heavy atom. The second-order valence-corrected chi connectivity index (χ2v) is 3.40. The van der Waals surface area contributed by atoms with Crippen molar-refractivity contribution in [3.05, 3.63) is 0 Å². The highest BCUT2D eigenvalue weighted by Gasteiger charge is 2.48. The van der Waals surface area contributed by atoms with E-state index in [0.717, 1.165) is 12.1 Å². The third-order valence-corrected chi connectivity index (χ3v) is 2.87. The third kappa shape index (κ3) is 1.16. The number of halogens is 2. The summed E-state index contributed by atoms with van der Waals surface area (Å²) in [5, 5.41) is 0.370. The molecule has 0 aromatic heterocycles. The third-order valence-electron chi connectivity index (χ3n) is 1.48. The van der Waals surface area contributed by atoms with Gasteiger partial charge in [0.2, 0.25) is 0 Å². The molecule has 7 heteroatoms. The fraction of sp³-hybridized carbons (Fsp3) is 0.600. The predicted octanol–water partition coefficient (Wildman–Crippen LogP) is 1.58. The fourth-order valence-corrected chi connectivity index (χ4v) is 2.00. The minimum absolute atomic E-state index is 0.185. The smallest absolute Gasteiger partial charge is 0.281 e. The van der Waals surface area contributed by atoms with E-state index in [1.54, 1.807) is 0 Å². The molecule has 0 bridgehead atoms. The second-order valence-electron chi connectivity index (χ2n) is 2.16. The molecule has 0 radical (unpaired) electrons. The van der Waals surface area contributed by atoms with Crippen molar-refractivity contribution in [2.24, 2.45) is 8.80 Å². The molecule has 1 fully saturated rings. The van der Waals surface area contributed by atoms with Crippen LogP contribution in [0.3, 0.4) is 0 Å². The first kappa shape index (κ1) is 8.77. The summed E-state index contributed by atoms with van der Waals surface area (Å²) < 4.78 is 18.1. The number of ether oxygens (including phenoxy) is 2. The van der Waals surface area contributed by atoms with Crippen LogP contribution in [-0.4, -0.2) is 29.3 Å². The van der Waals surface area contributed by atoms with Crippen LogP contribution in [0.5, 0.6) is 0 Å². The standard InChI is InChI=1S/C5H4Cl2N2O2S/c6-3-5(10-1-2-11-5)4(7)9-12-8-3/h1-2H2. The molecular weight excluding hydrogens is 223 g/mol. The quantitative estimate of drug-likeness (QED) is 0.590. The van der Waals surface area contributed by atoms with Crippen molar-refractivity contribution < 1.29 is 9.47 Å². The number of rotatable bonds is 0. The van der Waals surface area contributed by atoms with Gasteiger partial charge in [0.1, 0.15) is 12.1 Å². The molecule has 0 saturated carbocycles. The first-order valence-electron chi connectivity index (χ1n) is 3.18. The number of nitrogens with zero attached hydrogens (tertiary/aromatic N) is 2. The molecule has 12 heavy (non-hydrogen) atoms. The Morgan fingerprint density at radius 2 is 1.67 bits per heavy atom. The van der Waals surface area contributed by atoms with Gasteiger partial charge >= 0.3 is 0 Å². The maximum absolute atomic E-state index is 5.79. The summed E-state index contributed by atoms with van der Waals surface area (Å²) in [7, 11) is 0. The lowest BCUT2D eigenvalue weighted by molar-refractivity contribution is -0.0343. The molecule has 2 heterocycles. The predicted molar refractivity (Wildman–Crippen MR) is 48.8 cm³/mol. The Balaban J connectivity index is 2.35. The van der Waals surface area contributed by atoms with Crippen LogP contribution in [0.4, 0.5) is 0 Å². The molecule has 1 saturated heterocycles. The first-order valence-corrected chi connectivity index (χ1v) is 4.66. The van der Waals surface area contributed by atoms with Crippen LogP contribution in [-0.2, 0) is 9.47 Å². The van der Waals surface area contributed by atoms with Crippen molar-refractivity contribution >= 4 is 45.7 Å². The van der Waals surface area contributed by atoms with Gasteiger partial charge in [-0.2, -0.15) is 8.80 Å². The molecular formula is C5H4Cl2N2O2S. The maximum Gasteiger partial charge on any atom is 0.281 e. The lowest BCUT2D eigenvalue weighted by atomic mass is 10.3. The van der Waals surface area contributed by atoms with Crippen LogP contribution in [0.1, 0.15) is 0 Å². The molecule has 0 aliphatic carbocycles. The molecule has 0 aromatic rings. The van der Waals surface area contributed by atoms with Gasteiger partial charge in [0.05, 0.1) is 13.2 Å². The van der Waals surface area contributed by atoms with Gasteiger partial charge in [-0.3, -0.25) is 0 Å². The van der Waals surface area contributed by atoms with Gasteiger partial charge in [-0.15, -0.1) is 0 Å². The van der Waals surface area contributed by atoms with Crippen molar-refractivity contribution in [1.82, 2.24) is 0 Å². The minimum Gasteiger partial charge on any atom is -0.336 e. The fourth-order valence-electron chi connectivity index (χ4n) is 0.948. The second kappa shape index (κ2) is 3.16. The summed E-state index contributed by atoms with van der Waals surface area (Å²) in [4.78, 5) is 0. The summed E-state index contributed by atoms with van der Waals surface area (Å²) in [6.07, 6.45) is 0. The summed E-state index contributed by atoms with van der Waals surface area (Å²) in [6.45, 7) is 0.893. The monoisotopic (exact) mass is 226 g/mol. The molecule has 0 aromatic carbocycles. The Morgan fingerprint density at radius 3 is 2.17 bits per heavy atom. The van der Waals surface area contributed by atoms with E-state index in [9.17, 15) is 0 Å². The van der Waals surface area contributed by atoms with E-state index in [0.29, 0.717) is 13.2 Å². The van der Waals surface area contributed by atoms with Crippen LogP contribution in [0.2, 0.25) is 0 Å². The topological polar surface area (TPSA) is 43.2 Å². The van der Waals surface area contributed by atoms with Gasteiger partial charge in [-0.05, 0) is 0 Å². The molecule has 0 N–H and O–H groups in total. The zero-order chi connectivity index (χ0) is 8.60. The average Bonchev–Trinajstić information content (AvgIpc) is 2.50. The molecule has 66 valence electrons. The number of hydrogen-bond donors (Lipinski definition) is 0. The van der Waals surface area contributed by atoms with Crippen LogP contribution in [0.25, 0.3) is 0 Å². The van der Waals surface area contributed by atoms with Crippen LogP contribution >= 0.6 is 35.3 Å². The molecule has 0 atom stereocenters. The van der Waals surface area contributed by atoms with Gasteiger partial charge in [0.25, 0.3) is 5.79 Å². The normalized spacial score (nSPS) is 27.2. The molecule has 1 spiro atoms. The van der Waals surface area contributed by atoms with Crippen molar-refractivity contribution in [3.63, 3.8) is 0 Å².